The molecule has 0 aliphatic heterocycles. The van der Waals surface area contributed by atoms with Crippen LogP contribution >= 0.6 is 15.9 Å². The van der Waals surface area contributed by atoms with Crippen molar-refractivity contribution in [3.8, 4) is 11.5 Å². The molecular weight excluding hydrogens is 322 g/mol. The van der Waals surface area contributed by atoms with Crippen molar-refractivity contribution in [2.45, 2.75) is 6.92 Å². The highest BCUT2D eigenvalue weighted by molar-refractivity contribution is 9.10. The number of benzene rings is 2. The number of anilines is 1. The number of methoxy groups -OCH3 is 1. The molecule has 5 heteroatoms. The molecule has 0 aliphatic carbocycles. The van der Waals surface area contributed by atoms with E-state index in [-0.39, 0.29) is 11.7 Å². The van der Waals surface area contributed by atoms with Gasteiger partial charge in [-0.3, -0.25) is 4.79 Å². The van der Waals surface area contributed by atoms with Crippen molar-refractivity contribution in [3.05, 3.63) is 52.0 Å². The lowest BCUT2D eigenvalue weighted by Crippen LogP contribution is -2.11. The summed E-state index contributed by atoms with van der Waals surface area (Å²) in [5.74, 6) is 0.449. The third-order valence-corrected chi connectivity index (χ3v) is 3.54. The van der Waals surface area contributed by atoms with Crippen molar-refractivity contribution >= 4 is 27.5 Å². The number of aromatic hydroxyl groups is 1. The first kappa shape index (κ1) is 14.4. The van der Waals surface area contributed by atoms with Crippen molar-refractivity contribution < 1.29 is 14.6 Å². The summed E-state index contributed by atoms with van der Waals surface area (Å²) >= 11 is 3.35. The van der Waals surface area contributed by atoms with Gasteiger partial charge in [0.15, 0.2) is 0 Å². The Bertz CT molecular complexity index is 656. The largest absolute Gasteiger partial charge is 0.508 e. The topological polar surface area (TPSA) is 58.6 Å². The maximum Gasteiger partial charge on any atom is 0.255 e. The van der Waals surface area contributed by atoms with Crippen LogP contribution in [0.15, 0.2) is 40.9 Å². The number of aryl methyl sites for hydroxylation is 1. The maximum atomic E-state index is 12.1. The highest BCUT2D eigenvalue weighted by Gasteiger charge is 2.09. The van der Waals surface area contributed by atoms with E-state index in [0.717, 1.165) is 10.0 Å². The first-order valence-electron chi connectivity index (χ1n) is 5.96. The molecule has 0 heterocycles. The summed E-state index contributed by atoms with van der Waals surface area (Å²) in [6.45, 7) is 1.77. The van der Waals surface area contributed by atoms with Crippen LogP contribution < -0.4 is 10.1 Å². The molecule has 20 heavy (non-hydrogen) atoms. The third kappa shape index (κ3) is 3.11. The van der Waals surface area contributed by atoms with Gasteiger partial charge in [0.2, 0.25) is 0 Å². The van der Waals surface area contributed by atoms with E-state index in [9.17, 15) is 9.90 Å². The van der Waals surface area contributed by atoms with Crippen LogP contribution in [0.25, 0.3) is 0 Å². The van der Waals surface area contributed by atoms with E-state index in [1.807, 2.05) is 0 Å². The van der Waals surface area contributed by atoms with Gasteiger partial charge < -0.3 is 15.2 Å². The smallest absolute Gasteiger partial charge is 0.255 e. The van der Waals surface area contributed by atoms with Crippen molar-refractivity contribution in [2.75, 3.05) is 12.4 Å². The molecule has 2 N–H and O–H groups in total. The molecular formula is C15H14BrNO3. The average Bonchev–Trinajstić information content (AvgIpc) is 2.43. The van der Waals surface area contributed by atoms with Gasteiger partial charge in [0, 0.05) is 17.3 Å². The van der Waals surface area contributed by atoms with Crippen LogP contribution in [0.2, 0.25) is 0 Å². The molecule has 2 rings (SSSR count). The zero-order valence-corrected chi connectivity index (χ0v) is 12.7. The first-order chi connectivity index (χ1) is 9.51. The van der Waals surface area contributed by atoms with E-state index < -0.39 is 0 Å². The standard InChI is InChI=1S/C15H14BrNO3/c1-9-3-4-10(7-13(9)18)15(19)17-11-5-6-12(16)14(8-11)20-2/h3-8,18H,1-2H3,(H,17,19). The summed E-state index contributed by atoms with van der Waals surface area (Å²) in [6.07, 6.45) is 0. The van der Waals surface area contributed by atoms with E-state index in [1.54, 1.807) is 44.4 Å². The lowest BCUT2D eigenvalue weighted by atomic mass is 10.1. The van der Waals surface area contributed by atoms with E-state index >= 15 is 0 Å². The maximum absolute atomic E-state index is 12.1. The highest BCUT2D eigenvalue weighted by atomic mass is 79.9. The fourth-order valence-electron chi connectivity index (χ4n) is 1.69. The van der Waals surface area contributed by atoms with E-state index in [1.165, 1.54) is 6.07 Å². The first-order valence-corrected chi connectivity index (χ1v) is 6.75. The number of halogens is 1. The molecule has 0 fully saturated rings. The molecule has 1 amide bonds. The Morgan fingerprint density at radius 3 is 2.65 bits per heavy atom. The van der Waals surface area contributed by atoms with E-state index in [2.05, 4.69) is 21.2 Å². The van der Waals surface area contributed by atoms with Crippen LogP contribution in [-0.4, -0.2) is 18.1 Å². The monoisotopic (exact) mass is 335 g/mol. The fourth-order valence-corrected chi connectivity index (χ4v) is 2.10. The molecule has 0 atom stereocenters. The number of amides is 1. The van der Waals surface area contributed by atoms with Crippen molar-refractivity contribution in [1.29, 1.82) is 0 Å². The summed E-state index contributed by atoms with van der Waals surface area (Å²) in [6, 6.07) is 10.1. The Morgan fingerprint density at radius 2 is 2.00 bits per heavy atom. The molecule has 2 aromatic carbocycles. The van der Waals surface area contributed by atoms with Crippen LogP contribution in [0.5, 0.6) is 11.5 Å². The number of carbonyl (C=O) groups is 1. The predicted octanol–water partition coefficient (Wildman–Crippen LogP) is 3.72. The fraction of sp³-hybridized carbons (Fsp3) is 0.133. The zero-order valence-electron chi connectivity index (χ0n) is 11.1. The summed E-state index contributed by atoms with van der Waals surface area (Å²) in [7, 11) is 1.56. The predicted molar refractivity (Wildman–Crippen MR) is 81.5 cm³/mol. The third-order valence-electron chi connectivity index (χ3n) is 2.88. The Morgan fingerprint density at radius 1 is 1.25 bits per heavy atom. The molecule has 0 saturated heterocycles. The van der Waals surface area contributed by atoms with Gasteiger partial charge in [0.1, 0.15) is 11.5 Å². The lowest BCUT2D eigenvalue weighted by molar-refractivity contribution is 0.102. The van der Waals surface area contributed by atoms with Crippen LogP contribution in [0.1, 0.15) is 15.9 Å². The minimum absolute atomic E-state index is 0.103. The van der Waals surface area contributed by atoms with Crippen LogP contribution in [0, 0.1) is 6.92 Å². The average molecular weight is 336 g/mol. The van der Waals surface area contributed by atoms with Crippen molar-refractivity contribution in [3.63, 3.8) is 0 Å². The second kappa shape index (κ2) is 5.96. The molecule has 0 unspecified atom stereocenters. The van der Waals surface area contributed by atoms with E-state index in [4.69, 9.17) is 4.74 Å². The van der Waals surface area contributed by atoms with Gasteiger partial charge in [-0.15, -0.1) is 0 Å². The Kier molecular flexibility index (Phi) is 4.29. The zero-order chi connectivity index (χ0) is 14.7. The molecule has 0 aliphatic rings. The normalized spacial score (nSPS) is 10.2. The number of hydrogen-bond acceptors (Lipinski definition) is 3. The van der Waals surface area contributed by atoms with Gasteiger partial charge >= 0.3 is 0 Å². The van der Waals surface area contributed by atoms with Gasteiger partial charge in [-0.2, -0.15) is 0 Å². The number of ether oxygens (including phenoxy) is 1. The Labute approximate surface area is 125 Å². The number of phenolic OH excluding ortho intramolecular Hbond substituents is 1. The minimum Gasteiger partial charge on any atom is -0.508 e. The SMILES string of the molecule is COc1cc(NC(=O)c2ccc(C)c(O)c2)ccc1Br. The van der Waals surface area contributed by atoms with Crippen LogP contribution in [0.3, 0.4) is 0 Å². The molecule has 0 saturated carbocycles. The summed E-state index contributed by atoms with van der Waals surface area (Å²) in [5, 5.41) is 12.4. The van der Waals surface area contributed by atoms with Gasteiger partial charge in [-0.05, 0) is 52.7 Å². The molecule has 0 spiro atoms. The van der Waals surface area contributed by atoms with Gasteiger partial charge in [-0.25, -0.2) is 0 Å². The summed E-state index contributed by atoms with van der Waals surface area (Å²) < 4.78 is 5.98. The number of phenols is 1. The van der Waals surface area contributed by atoms with Crippen molar-refractivity contribution in [2.24, 2.45) is 0 Å². The van der Waals surface area contributed by atoms with Gasteiger partial charge in [0.05, 0.1) is 11.6 Å². The second-order valence-corrected chi connectivity index (χ2v) is 5.16. The minimum atomic E-state index is -0.287. The second-order valence-electron chi connectivity index (χ2n) is 4.30. The van der Waals surface area contributed by atoms with Crippen LogP contribution in [0.4, 0.5) is 5.69 Å². The number of rotatable bonds is 3. The van der Waals surface area contributed by atoms with Gasteiger partial charge in [0.25, 0.3) is 5.91 Å². The van der Waals surface area contributed by atoms with E-state index in [0.29, 0.717) is 17.0 Å². The number of hydrogen-bond donors (Lipinski definition) is 2. The molecule has 0 radical (unpaired) electrons. The molecule has 104 valence electrons. The number of carbonyl (C=O) groups excluding carboxylic acids is 1. The Balaban J connectivity index is 2.21. The van der Waals surface area contributed by atoms with Gasteiger partial charge in [-0.1, -0.05) is 6.07 Å². The highest BCUT2D eigenvalue weighted by Crippen LogP contribution is 2.28. The summed E-state index contributed by atoms with van der Waals surface area (Å²) in [4.78, 5) is 12.1. The molecule has 2 aromatic rings. The van der Waals surface area contributed by atoms with Crippen LogP contribution in [-0.2, 0) is 0 Å². The van der Waals surface area contributed by atoms with Crippen molar-refractivity contribution in [1.82, 2.24) is 0 Å². The molecule has 4 nitrogen and oxygen atoms in total. The molecule has 0 aromatic heterocycles. The molecule has 0 bridgehead atoms. The Hall–Kier alpha value is -2.01. The summed E-state index contributed by atoms with van der Waals surface area (Å²) in [5.41, 5.74) is 1.75. The number of nitrogens with one attached hydrogen (secondary N) is 1. The lowest BCUT2D eigenvalue weighted by Gasteiger charge is -2.09. The quantitative estimate of drug-likeness (QED) is 0.898.